The van der Waals surface area contributed by atoms with E-state index in [-0.39, 0.29) is 5.91 Å². The molecule has 0 aliphatic rings. The maximum atomic E-state index is 10.9. The molecule has 0 saturated heterocycles. The molecule has 15 heavy (non-hydrogen) atoms. The third kappa shape index (κ3) is 1.88. The lowest BCUT2D eigenvalue weighted by atomic mass is 10.1. The van der Waals surface area contributed by atoms with Gasteiger partial charge in [-0.3, -0.25) is 4.79 Å². The molecule has 1 heterocycles. The number of rotatable bonds is 1. The second kappa shape index (κ2) is 3.57. The number of amides is 1. The molecule has 1 aromatic heterocycles. The number of fused-ring (bicyclic) bond motifs is 1. The zero-order valence-corrected chi connectivity index (χ0v) is 8.32. The summed E-state index contributed by atoms with van der Waals surface area (Å²) in [5.74, 6) is 0.415. The van der Waals surface area contributed by atoms with E-state index in [4.69, 9.17) is 5.73 Å². The van der Waals surface area contributed by atoms with Crippen LogP contribution in [0.2, 0.25) is 0 Å². The molecule has 1 amide bonds. The Bertz CT molecular complexity index is 522. The molecular weight excluding hydrogens is 190 g/mol. The van der Waals surface area contributed by atoms with E-state index in [2.05, 4.69) is 10.3 Å². The van der Waals surface area contributed by atoms with Gasteiger partial charge in [0.15, 0.2) is 0 Å². The first-order valence-corrected chi connectivity index (χ1v) is 4.58. The smallest absolute Gasteiger partial charge is 0.221 e. The summed E-state index contributed by atoms with van der Waals surface area (Å²) in [5, 5.41) is 4.58. The quantitative estimate of drug-likeness (QED) is 0.738. The topological polar surface area (TPSA) is 68.0 Å². The molecule has 2 rings (SSSR count). The average molecular weight is 201 g/mol. The minimum absolute atomic E-state index is 0.0867. The highest BCUT2D eigenvalue weighted by atomic mass is 16.1. The molecule has 0 aliphatic carbocycles. The lowest BCUT2D eigenvalue weighted by molar-refractivity contribution is -0.114. The van der Waals surface area contributed by atoms with Crippen molar-refractivity contribution in [1.29, 1.82) is 0 Å². The van der Waals surface area contributed by atoms with Crippen molar-refractivity contribution < 1.29 is 4.79 Å². The van der Waals surface area contributed by atoms with Crippen molar-refractivity contribution in [3.8, 4) is 0 Å². The highest BCUT2D eigenvalue weighted by molar-refractivity contribution is 5.96. The minimum Gasteiger partial charge on any atom is -0.383 e. The number of pyridine rings is 1. The number of carbonyl (C=O) groups excluding carboxylic acids is 1. The summed E-state index contributed by atoms with van der Waals surface area (Å²) in [6.07, 6.45) is 1.65. The lowest BCUT2D eigenvalue weighted by Crippen LogP contribution is -2.05. The van der Waals surface area contributed by atoms with Gasteiger partial charge >= 0.3 is 0 Å². The van der Waals surface area contributed by atoms with Gasteiger partial charge in [0.25, 0.3) is 0 Å². The van der Waals surface area contributed by atoms with Gasteiger partial charge in [-0.15, -0.1) is 0 Å². The van der Waals surface area contributed by atoms with E-state index in [0.29, 0.717) is 5.82 Å². The Morgan fingerprint density at radius 1 is 1.40 bits per heavy atom. The van der Waals surface area contributed by atoms with Crippen molar-refractivity contribution in [2.24, 2.45) is 0 Å². The summed E-state index contributed by atoms with van der Waals surface area (Å²) >= 11 is 0. The van der Waals surface area contributed by atoms with Crippen LogP contribution < -0.4 is 11.1 Å². The molecule has 0 atom stereocenters. The number of anilines is 2. The summed E-state index contributed by atoms with van der Waals surface area (Å²) in [6.45, 7) is 1.48. The predicted octanol–water partition coefficient (Wildman–Crippen LogP) is 1.78. The van der Waals surface area contributed by atoms with Gasteiger partial charge in [0, 0.05) is 24.2 Å². The van der Waals surface area contributed by atoms with Crippen LogP contribution >= 0.6 is 0 Å². The number of nitrogens with one attached hydrogen (secondary N) is 1. The minimum atomic E-state index is -0.0867. The van der Waals surface area contributed by atoms with Gasteiger partial charge < -0.3 is 11.1 Å². The molecule has 0 spiro atoms. The first-order chi connectivity index (χ1) is 7.16. The van der Waals surface area contributed by atoms with E-state index in [1.807, 2.05) is 24.3 Å². The zero-order valence-electron chi connectivity index (χ0n) is 8.32. The standard InChI is InChI=1S/C11H11N3O/c1-7(15)14-9-2-3-10-8(6-9)4-5-13-11(10)12/h2-6H,1H3,(H2,12,13)(H,14,15). The third-order valence-electron chi connectivity index (χ3n) is 2.12. The summed E-state index contributed by atoms with van der Waals surface area (Å²) < 4.78 is 0. The largest absolute Gasteiger partial charge is 0.383 e. The number of hydrogen-bond acceptors (Lipinski definition) is 3. The highest BCUT2D eigenvalue weighted by Gasteiger charge is 2.00. The first kappa shape index (κ1) is 9.45. The molecule has 1 aromatic carbocycles. The van der Waals surface area contributed by atoms with Gasteiger partial charge in [0.05, 0.1) is 0 Å². The first-order valence-electron chi connectivity index (χ1n) is 4.58. The molecule has 0 unspecified atom stereocenters. The van der Waals surface area contributed by atoms with Crippen LogP contribution in [0, 0.1) is 0 Å². The van der Waals surface area contributed by atoms with Gasteiger partial charge in [0.2, 0.25) is 5.91 Å². The molecule has 2 aromatic rings. The van der Waals surface area contributed by atoms with Crippen molar-refractivity contribution in [3.05, 3.63) is 30.5 Å². The maximum Gasteiger partial charge on any atom is 0.221 e. The second-order valence-electron chi connectivity index (χ2n) is 3.31. The Kier molecular flexibility index (Phi) is 2.25. The van der Waals surface area contributed by atoms with Crippen LogP contribution in [0.4, 0.5) is 11.5 Å². The van der Waals surface area contributed by atoms with Gasteiger partial charge in [0.1, 0.15) is 5.82 Å². The number of nitrogen functional groups attached to an aromatic ring is 1. The van der Waals surface area contributed by atoms with E-state index in [1.54, 1.807) is 6.20 Å². The van der Waals surface area contributed by atoms with Crippen molar-refractivity contribution in [3.63, 3.8) is 0 Å². The van der Waals surface area contributed by atoms with Crippen LogP contribution in [0.3, 0.4) is 0 Å². The molecular formula is C11H11N3O. The number of aromatic nitrogens is 1. The van der Waals surface area contributed by atoms with E-state index in [0.717, 1.165) is 16.5 Å². The molecule has 0 bridgehead atoms. The van der Waals surface area contributed by atoms with Crippen molar-refractivity contribution in [2.75, 3.05) is 11.1 Å². The van der Waals surface area contributed by atoms with Crippen LogP contribution in [0.15, 0.2) is 30.5 Å². The fraction of sp³-hybridized carbons (Fsp3) is 0.0909. The van der Waals surface area contributed by atoms with Crippen LogP contribution in [0.5, 0.6) is 0 Å². The molecule has 0 radical (unpaired) electrons. The lowest BCUT2D eigenvalue weighted by Gasteiger charge is -2.05. The molecule has 4 heteroatoms. The molecule has 0 fully saturated rings. The Morgan fingerprint density at radius 3 is 2.93 bits per heavy atom. The predicted molar refractivity (Wildman–Crippen MR) is 60.5 cm³/mol. The van der Waals surface area contributed by atoms with E-state index in [9.17, 15) is 4.79 Å². The van der Waals surface area contributed by atoms with Crippen molar-refractivity contribution >= 4 is 28.2 Å². The van der Waals surface area contributed by atoms with Crippen LogP contribution in [-0.2, 0) is 4.79 Å². The SMILES string of the molecule is CC(=O)Nc1ccc2c(N)nccc2c1. The average Bonchev–Trinajstić information content (AvgIpc) is 2.17. The summed E-state index contributed by atoms with van der Waals surface area (Å²) in [4.78, 5) is 14.9. The molecule has 3 N–H and O–H groups in total. The van der Waals surface area contributed by atoms with Crippen LogP contribution in [0.25, 0.3) is 10.8 Å². The van der Waals surface area contributed by atoms with E-state index in [1.165, 1.54) is 6.92 Å². The Morgan fingerprint density at radius 2 is 2.20 bits per heavy atom. The summed E-state index contributed by atoms with van der Waals surface area (Å²) in [6, 6.07) is 7.39. The highest BCUT2D eigenvalue weighted by Crippen LogP contribution is 2.22. The van der Waals surface area contributed by atoms with E-state index >= 15 is 0 Å². The van der Waals surface area contributed by atoms with Gasteiger partial charge in [-0.1, -0.05) is 0 Å². The van der Waals surface area contributed by atoms with E-state index < -0.39 is 0 Å². The molecule has 0 saturated carbocycles. The zero-order chi connectivity index (χ0) is 10.8. The van der Waals surface area contributed by atoms with Crippen molar-refractivity contribution in [2.45, 2.75) is 6.92 Å². The third-order valence-corrected chi connectivity index (χ3v) is 2.12. The monoisotopic (exact) mass is 201 g/mol. The van der Waals surface area contributed by atoms with Crippen LogP contribution in [-0.4, -0.2) is 10.9 Å². The molecule has 76 valence electrons. The number of benzene rings is 1. The summed E-state index contributed by atoms with van der Waals surface area (Å²) in [7, 11) is 0. The summed E-state index contributed by atoms with van der Waals surface area (Å²) in [5.41, 5.74) is 6.47. The molecule has 0 aliphatic heterocycles. The van der Waals surface area contributed by atoms with Crippen molar-refractivity contribution in [1.82, 2.24) is 4.98 Å². The fourth-order valence-electron chi connectivity index (χ4n) is 1.48. The van der Waals surface area contributed by atoms with Gasteiger partial charge in [-0.2, -0.15) is 0 Å². The maximum absolute atomic E-state index is 10.9. The normalized spacial score (nSPS) is 10.2. The van der Waals surface area contributed by atoms with Gasteiger partial charge in [-0.25, -0.2) is 4.98 Å². The van der Waals surface area contributed by atoms with Gasteiger partial charge in [-0.05, 0) is 29.7 Å². The van der Waals surface area contributed by atoms with Crippen LogP contribution in [0.1, 0.15) is 6.92 Å². The number of hydrogen-bond donors (Lipinski definition) is 2. The molecule has 4 nitrogen and oxygen atoms in total. The fourth-order valence-corrected chi connectivity index (χ4v) is 1.48. The number of nitrogens with zero attached hydrogens (tertiary/aromatic N) is 1. The second-order valence-corrected chi connectivity index (χ2v) is 3.31. The number of nitrogens with two attached hydrogens (primary N) is 1. The Labute approximate surface area is 87.1 Å². The Balaban J connectivity index is 2.52. The Hall–Kier alpha value is -2.10. The number of carbonyl (C=O) groups is 1.